The molecule has 0 spiro atoms. The number of aromatic carboxylic acids is 1. The van der Waals surface area contributed by atoms with E-state index in [2.05, 4.69) is 5.10 Å². The third-order valence-electron chi connectivity index (χ3n) is 2.50. The first-order valence-corrected chi connectivity index (χ1v) is 5.21. The Morgan fingerprint density at radius 3 is 2.67 bits per heavy atom. The number of nitrogens with two attached hydrogens (primary N) is 1. The number of rotatable bonds is 4. The highest BCUT2D eigenvalue weighted by Gasteiger charge is 2.10. The Kier molecular flexibility index (Phi) is 3.09. The summed E-state index contributed by atoms with van der Waals surface area (Å²) in [4.78, 5) is 21.9. The summed E-state index contributed by atoms with van der Waals surface area (Å²) < 4.78 is 1.47. The lowest BCUT2D eigenvalue weighted by molar-refractivity contribution is 0.0695. The van der Waals surface area contributed by atoms with Crippen molar-refractivity contribution < 1.29 is 14.7 Å². The van der Waals surface area contributed by atoms with E-state index in [-0.39, 0.29) is 12.1 Å². The van der Waals surface area contributed by atoms with Gasteiger partial charge in [0.05, 0.1) is 23.9 Å². The van der Waals surface area contributed by atoms with Gasteiger partial charge in [-0.25, -0.2) is 4.79 Å². The summed E-state index contributed by atoms with van der Waals surface area (Å²) in [7, 11) is 0. The molecule has 0 saturated heterocycles. The normalized spacial score (nSPS) is 10.2. The molecule has 1 amide bonds. The van der Waals surface area contributed by atoms with Crippen LogP contribution in [-0.2, 0) is 6.54 Å². The van der Waals surface area contributed by atoms with Crippen molar-refractivity contribution in [3.8, 4) is 0 Å². The zero-order valence-electron chi connectivity index (χ0n) is 9.41. The molecule has 1 aromatic carbocycles. The first-order valence-electron chi connectivity index (χ1n) is 5.21. The van der Waals surface area contributed by atoms with Crippen molar-refractivity contribution in [3.63, 3.8) is 0 Å². The summed E-state index contributed by atoms with van der Waals surface area (Å²) >= 11 is 0. The smallest absolute Gasteiger partial charge is 0.336 e. The maximum atomic E-state index is 11.0. The molecule has 1 heterocycles. The predicted octanol–water partition coefficient (Wildman–Crippen LogP) is 0.728. The fourth-order valence-corrected chi connectivity index (χ4v) is 1.62. The number of carboxylic acids is 1. The van der Waals surface area contributed by atoms with Gasteiger partial charge in [-0.15, -0.1) is 0 Å². The number of carbonyl (C=O) groups is 2. The molecule has 6 heteroatoms. The number of hydrogen-bond donors (Lipinski definition) is 2. The van der Waals surface area contributed by atoms with Gasteiger partial charge < -0.3 is 10.8 Å². The highest BCUT2D eigenvalue weighted by atomic mass is 16.4. The van der Waals surface area contributed by atoms with Crippen LogP contribution in [0.4, 0.5) is 0 Å². The van der Waals surface area contributed by atoms with Crippen LogP contribution >= 0.6 is 0 Å². The number of benzene rings is 1. The number of carboxylic acid groups (broad SMARTS) is 1. The molecule has 0 aliphatic carbocycles. The number of nitrogens with zero attached hydrogens (tertiary/aromatic N) is 2. The standard InChI is InChI=1S/C12H11N3O3/c13-11(16)9-5-14-15(7-9)6-8-3-1-2-4-10(8)12(17)18/h1-5,7H,6H2,(H2,13,16)(H,17,18). The third kappa shape index (κ3) is 2.37. The number of hydrogen-bond acceptors (Lipinski definition) is 3. The molecule has 1 aromatic heterocycles. The van der Waals surface area contributed by atoms with Crippen LogP contribution < -0.4 is 5.73 Å². The van der Waals surface area contributed by atoms with Gasteiger partial charge in [0, 0.05) is 6.20 Å². The number of aromatic nitrogens is 2. The first-order chi connectivity index (χ1) is 8.58. The molecule has 6 nitrogen and oxygen atoms in total. The van der Waals surface area contributed by atoms with E-state index in [4.69, 9.17) is 10.8 Å². The van der Waals surface area contributed by atoms with Gasteiger partial charge in [0.1, 0.15) is 0 Å². The van der Waals surface area contributed by atoms with Crippen LogP contribution in [0.3, 0.4) is 0 Å². The van der Waals surface area contributed by atoms with Crippen LogP contribution in [0.2, 0.25) is 0 Å². The van der Waals surface area contributed by atoms with E-state index in [1.165, 1.54) is 23.1 Å². The minimum atomic E-state index is -0.993. The van der Waals surface area contributed by atoms with Crippen LogP contribution in [-0.4, -0.2) is 26.8 Å². The quantitative estimate of drug-likeness (QED) is 0.829. The average Bonchev–Trinajstić information content (AvgIpc) is 2.78. The van der Waals surface area contributed by atoms with Crippen molar-refractivity contribution in [2.75, 3.05) is 0 Å². The second kappa shape index (κ2) is 4.70. The Morgan fingerprint density at radius 2 is 2.06 bits per heavy atom. The fourth-order valence-electron chi connectivity index (χ4n) is 1.62. The molecule has 2 rings (SSSR count). The predicted molar refractivity (Wildman–Crippen MR) is 63.2 cm³/mol. The maximum absolute atomic E-state index is 11.0. The molecule has 0 aliphatic heterocycles. The van der Waals surface area contributed by atoms with E-state index >= 15 is 0 Å². The fraction of sp³-hybridized carbons (Fsp3) is 0.0833. The molecular formula is C12H11N3O3. The van der Waals surface area contributed by atoms with Crippen molar-refractivity contribution in [3.05, 3.63) is 53.3 Å². The van der Waals surface area contributed by atoms with E-state index in [9.17, 15) is 9.59 Å². The monoisotopic (exact) mass is 245 g/mol. The zero-order chi connectivity index (χ0) is 13.1. The van der Waals surface area contributed by atoms with Crippen molar-refractivity contribution in [2.24, 2.45) is 5.73 Å². The third-order valence-corrected chi connectivity index (χ3v) is 2.50. The van der Waals surface area contributed by atoms with E-state index < -0.39 is 11.9 Å². The van der Waals surface area contributed by atoms with Gasteiger partial charge in [-0.3, -0.25) is 9.48 Å². The molecule has 3 N–H and O–H groups in total. The lowest BCUT2D eigenvalue weighted by Crippen LogP contribution is -2.10. The highest BCUT2D eigenvalue weighted by Crippen LogP contribution is 2.10. The maximum Gasteiger partial charge on any atom is 0.336 e. The summed E-state index contributed by atoms with van der Waals surface area (Å²) in [6.45, 7) is 0.274. The van der Waals surface area contributed by atoms with Gasteiger partial charge in [0.15, 0.2) is 0 Å². The minimum absolute atomic E-state index is 0.216. The summed E-state index contributed by atoms with van der Waals surface area (Å²) in [6, 6.07) is 6.64. The summed E-state index contributed by atoms with van der Waals surface area (Å²) in [5.41, 5.74) is 6.24. The van der Waals surface area contributed by atoms with Crippen molar-refractivity contribution in [1.82, 2.24) is 9.78 Å². The number of primary amides is 1. The molecule has 2 aromatic rings. The van der Waals surface area contributed by atoms with Crippen molar-refractivity contribution in [1.29, 1.82) is 0 Å². The first kappa shape index (κ1) is 11.8. The molecule has 18 heavy (non-hydrogen) atoms. The van der Waals surface area contributed by atoms with E-state index in [1.807, 2.05) is 0 Å². The summed E-state index contributed by atoms with van der Waals surface area (Å²) in [5, 5.41) is 13.0. The van der Waals surface area contributed by atoms with Gasteiger partial charge in [-0.1, -0.05) is 18.2 Å². The average molecular weight is 245 g/mol. The van der Waals surface area contributed by atoms with Crippen LogP contribution in [0.25, 0.3) is 0 Å². The van der Waals surface area contributed by atoms with E-state index in [0.29, 0.717) is 11.1 Å². The second-order valence-electron chi connectivity index (χ2n) is 3.75. The summed E-state index contributed by atoms with van der Waals surface area (Å²) in [5.74, 6) is -1.55. The topological polar surface area (TPSA) is 98.2 Å². The van der Waals surface area contributed by atoms with E-state index in [1.54, 1.807) is 18.2 Å². The molecule has 92 valence electrons. The van der Waals surface area contributed by atoms with E-state index in [0.717, 1.165) is 0 Å². The molecule has 0 bridgehead atoms. The molecular weight excluding hydrogens is 234 g/mol. The van der Waals surface area contributed by atoms with Crippen LogP contribution in [0.15, 0.2) is 36.7 Å². The Hall–Kier alpha value is -2.63. The van der Waals surface area contributed by atoms with Crippen LogP contribution in [0.1, 0.15) is 26.3 Å². The molecule has 0 saturated carbocycles. The zero-order valence-corrected chi connectivity index (χ0v) is 9.41. The second-order valence-corrected chi connectivity index (χ2v) is 3.75. The highest BCUT2D eigenvalue weighted by molar-refractivity contribution is 5.92. The van der Waals surface area contributed by atoms with Gasteiger partial charge in [0.2, 0.25) is 0 Å². The lowest BCUT2D eigenvalue weighted by Gasteiger charge is -2.05. The molecule has 0 unspecified atom stereocenters. The number of amides is 1. The Labute approximate surface area is 103 Å². The molecule has 0 radical (unpaired) electrons. The van der Waals surface area contributed by atoms with Gasteiger partial charge in [-0.2, -0.15) is 5.10 Å². The van der Waals surface area contributed by atoms with Crippen LogP contribution in [0, 0.1) is 0 Å². The van der Waals surface area contributed by atoms with Gasteiger partial charge >= 0.3 is 5.97 Å². The molecule has 0 fully saturated rings. The van der Waals surface area contributed by atoms with Crippen molar-refractivity contribution in [2.45, 2.75) is 6.54 Å². The Bertz CT molecular complexity index is 604. The SMILES string of the molecule is NC(=O)c1cnn(Cc2ccccc2C(=O)O)c1. The number of carbonyl (C=O) groups excluding carboxylic acids is 1. The van der Waals surface area contributed by atoms with Gasteiger partial charge in [0.25, 0.3) is 5.91 Å². The summed E-state index contributed by atoms with van der Waals surface area (Å²) in [6.07, 6.45) is 2.84. The lowest BCUT2D eigenvalue weighted by atomic mass is 10.1. The Morgan fingerprint density at radius 1 is 1.33 bits per heavy atom. The molecule has 0 atom stereocenters. The minimum Gasteiger partial charge on any atom is -0.478 e. The van der Waals surface area contributed by atoms with Gasteiger partial charge in [-0.05, 0) is 11.6 Å². The Balaban J connectivity index is 2.28. The van der Waals surface area contributed by atoms with Crippen molar-refractivity contribution >= 4 is 11.9 Å². The van der Waals surface area contributed by atoms with Crippen LogP contribution in [0.5, 0.6) is 0 Å². The molecule has 0 aliphatic rings. The largest absolute Gasteiger partial charge is 0.478 e.